The Kier molecular flexibility index (Phi) is 5.97. The first-order chi connectivity index (χ1) is 14.6. The van der Waals surface area contributed by atoms with Crippen molar-refractivity contribution in [1.29, 1.82) is 0 Å². The number of Topliss-reactive ketones (excluding diaryl/α,β-unsaturated/α-hetero) is 1. The summed E-state index contributed by atoms with van der Waals surface area (Å²) in [7, 11) is 4.56. The third kappa shape index (κ3) is 4.21. The van der Waals surface area contributed by atoms with Gasteiger partial charge in [-0.15, -0.1) is 0 Å². The predicted molar refractivity (Wildman–Crippen MR) is 115 cm³/mol. The van der Waals surface area contributed by atoms with Crippen LogP contribution in [-0.4, -0.2) is 33.1 Å². The zero-order valence-corrected chi connectivity index (χ0v) is 18.7. The Morgan fingerprint density at radius 2 is 1.58 bits per heavy atom. The highest BCUT2D eigenvalue weighted by Gasteiger charge is 2.32. The van der Waals surface area contributed by atoms with E-state index in [-0.39, 0.29) is 17.5 Å². The van der Waals surface area contributed by atoms with E-state index in [4.69, 9.17) is 23.7 Å². The molecule has 1 aliphatic heterocycles. The maximum absolute atomic E-state index is 12.9. The molecular formula is C24H26O7. The lowest BCUT2D eigenvalue weighted by atomic mass is 9.97. The van der Waals surface area contributed by atoms with Crippen molar-refractivity contribution in [3.8, 4) is 28.7 Å². The topological polar surface area (TPSA) is 80.3 Å². The molecule has 31 heavy (non-hydrogen) atoms. The van der Waals surface area contributed by atoms with E-state index < -0.39 is 5.41 Å². The second-order valence-electron chi connectivity index (χ2n) is 8.10. The summed E-state index contributed by atoms with van der Waals surface area (Å²) in [6, 6.07) is 6.65. The van der Waals surface area contributed by atoms with Gasteiger partial charge in [0.1, 0.15) is 11.5 Å². The molecule has 0 unspecified atom stereocenters. The zero-order chi connectivity index (χ0) is 22.9. The molecule has 0 saturated carbocycles. The van der Waals surface area contributed by atoms with E-state index in [0.29, 0.717) is 45.4 Å². The van der Waals surface area contributed by atoms with Gasteiger partial charge in [0.15, 0.2) is 17.3 Å². The average molecular weight is 426 g/mol. The number of esters is 1. The predicted octanol–water partition coefficient (Wildman–Crippen LogP) is 4.59. The van der Waals surface area contributed by atoms with Crippen LogP contribution in [0, 0.1) is 12.3 Å². The fourth-order valence-electron chi connectivity index (χ4n) is 3.07. The van der Waals surface area contributed by atoms with Crippen LogP contribution in [0.1, 0.15) is 42.3 Å². The fourth-order valence-corrected chi connectivity index (χ4v) is 3.07. The molecule has 0 N–H and O–H groups in total. The molecule has 0 radical (unpaired) electrons. The number of hydrogen-bond donors (Lipinski definition) is 0. The molecule has 0 aliphatic carbocycles. The molecule has 0 spiro atoms. The van der Waals surface area contributed by atoms with Crippen molar-refractivity contribution < 1.29 is 33.3 Å². The SMILES string of the molecule is COc1cc(/C=C2\Oc3c(ccc(OC(=O)C(C)(C)C)c3C)C2=O)cc(OC)c1OC. The minimum Gasteiger partial charge on any atom is -0.493 e. The van der Waals surface area contributed by atoms with Gasteiger partial charge in [-0.2, -0.15) is 0 Å². The molecular weight excluding hydrogens is 400 g/mol. The van der Waals surface area contributed by atoms with Crippen molar-refractivity contribution in [2.24, 2.45) is 5.41 Å². The van der Waals surface area contributed by atoms with E-state index in [1.807, 2.05) is 0 Å². The van der Waals surface area contributed by atoms with Gasteiger partial charge in [0.2, 0.25) is 11.5 Å². The van der Waals surface area contributed by atoms with Gasteiger partial charge >= 0.3 is 5.97 Å². The normalized spacial score (nSPS) is 14.2. The number of hydrogen-bond acceptors (Lipinski definition) is 7. The largest absolute Gasteiger partial charge is 0.493 e. The summed E-state index contributed by atoms with van der Waals surface area (Å²) in [4.78, 5) is 25.1. The van der Waals surface area contributed by atoms with Crippen molar-refractivity contribution in [2.45, 2.75) is 27.7 Å². The first-order valence-corrected chi connectivity index (χ1v) is 9.70. The molecule has 3 rings (SSSR count). The zero-order valence-electron chi connectivity index (χ0n) is 18.7. The van der Waals surface area contributed by atoms with Crippen LogP contribution in [-0.2, 0) is 4.79 Å². The van der Waals surface area contributed by atoms with Crippen LogP contribution in [0.2, 0.25) is 0 Å². The number of benzene rings is 2. The summed E-state index contributed by atoms with van der Waals surface area (Å²) in [5.41, 5.74) is 0.978. The summed E-state index contributed by atoms with van der Waals surface area (Å²) >= 11 is 0. The van der Waals surface area contributed by atoms with Crippen molar-refractivity contribution in [3.05, 3.63) is 46.7 Å². The molecule has 2 aromatic carbocycles. The number of fused-ring (bicyclic) bond motifs is 1. The number of allylic oxidation sites excluding steroid dienone is 1. The van der Waals surface area contributed by atoms with Gasteiger partial charge in [0.25, 0.3) is 0 Å². The lowest BCUT2D eigenvalue weighted by molar-refractivity contribution is -0.143. The van der Waals surface area contributed by atoms with E-state index in [1.165, 1.54) is 21.3 Å². The number of methoxy groups -OCH3 is 3. The van der Waals surface area contributed by atoms with Crippen LogP contribution in [0.15, 0.2) is 30.0 Å². The Hall–Kier alpha value is -3.48. The number of ether oxygens (including phenoxy) is 5. The summed E-state index contributed by atoms with van der Waals surface area (Å²) in [6.45, 7) is 7.07. The van der Waals surface area contributed by atoms with E-state index in [1.54, 1.807) is 58.0 Å². The molecule has 0 bridgehead atoms. The van der Waals surface area contributed by atoms with Crippen LogP contribution >= 0.6 is 0 Å². The molecule has 0 atom stereocenters. The molecule has 1 heterocycles. The highest BCUT2D eigenvalue weighted by atomic mass is 16.5. The third-order valence-electron chi connectivity index (χ3n) is 4.84. The van der Waals surface area contributed by atoms with Gasteiger partial charge in [0.05, 0.1) is 32.3 Å². The smallest absolute Gasteiger partial charge is 0.316 e. The fraction of sp³-hybridized carbons (Fsp3) is 0.333. The second-order valence-corrected chi connectivity index (χ2v) is 8.10. The maximum atomic E-state index is 12.9. The monoisotopic (exact) mass is 426 g/mol. The van der Waals surface area contributed by atoms with E-state index >= 15 is 0 Å². The van der Waals surface area contributed by atoms with E-state index in [0.717, 1.165) is 0 Å². The molecule has 0 saturated heterocycles. The number of carbonyl (C=O) groups is 2. The second kappa shape index (κ2) is 8.34. The molecule has 0 fully saturated rings. The van der Waals surface area contributed by atoms with Crippen LogP contribution in [0.4, 0.5) is 0 Å². The Morgan fingerprint density at radius 1 is 0.968 bits per heavy atom. The van der Waals surface area contributed by atoms with Gasteiger partial charge in [-0.25, -0.2) is 0 Å². The van der Waals surface area contributed by atoms with Gasteiger partial charge in [-0.1, -0.05) is 0 Å². The van der Waals surface area contributed by atoms with Crippen LogP contribution < -0.4 is 23.7 Å². The Morgan fingerprint density at radius 3 is 2.10 bits per heavy atom. The highest BCUT2D eigenvalue weighted by molar-refractivity contribution is 6.15. The number of ketones is 1. The number of rotatable bonds is 5. The van der Waals surface area contributed by atoms with Gasteiger partial charge in [-0.05, 0) is 63.6 Å². The lowest BCUT2D eigenvalue weighted by Crippen LogP contribution is -2.25. The Balaban J connectivity index is 1.97. The molecule has 7 heteroatoms. The maximum Gasteiger partial charge on any atom is 0.316 e. The Bertz CT molecular complexity index is 1050. The third-order valence-corrected chi connectivity index (χ3v) is 4.84. The molecule has 7 nitrogen and oxygen atoms in total. The van der Waals surface area contributed by atoms with E-state index in [2.05, 4.69) is 0 Å². The summed E-state index contributed by atoms with van der Waals surface area (Å²) in [6.07, 6.45) is 1.60. The number of carbonyl (C=O) groups excluding carboxylic acids is 2. The van der Waals surface area contributed by atoms with Crippen molar-refractivity contribution in [3.63, 3.8) is 0 Å². The molecule has 164 valence electrons. The van der Waals surface area contributed by atoms with Crippen LogP contribution in [0.5, 0.6) is 28.7 Å². The van der Waals surface area contributed by atoms with Crippen LogP contribution in [0.3, 0.4) is 0 Å². The van der Waals surface area contributed by atoms with E-state index in [9.17, 15) is 9.59 Å². The molecule has 0 amide bonds. The first kappa shape index (κ1) is 22.2. The summed E-state index contributed by atoms with van der Waals surface area (Å²) in [5, 5.41) is 0. The Labute approximate surface area is 181 Å². The summed E-state index contributed by atoms with van der Waals surface area (Å²) < 4.78 is 27.4. The van der Waals surface area contributed by atoms with Crippen molar-refractivity contribution >= 4 is 17.8 Å². The first-order valence-electron chi connectivity index (χ1n) is 9.70. The average Bonchev–Trinajstić information content (AvgIpc) is 3.04. The molecule has 2 aromatic rings. The molecule has 1 aliphatic rings. The molecule has 0 aromatic heterocycles. The standard InChI is InChI=1S/C24H26O7/c1-13-16(31-23(26)24(2,3)4)9-8-15-20(25)17(30-21(13)15)10-14-11-18(27-5)22(29-7)19(12-14)28-6/h8-12H,1-7H3/b17-10-. The van der Waals surface area contributed by atoms with Crippen molar-refractivity contribution in [2.75, 3.05) is 21.3 Å². The highest BCUT2D eigenvalue weighted by Crippen LogP contribution is 2.42. The quantitative estimate of drug-likeness (QED) is 0.393. The lowest BCUT2D eigenvalue weighted by Gasteiger charge is -2.18. The van der Waals surface area contributed by atoms with Crippen LogP contribution in [0.25, 0.3) is 6.08 Å². The van der Waals surface area contributed by atoms with Gasteiger partial charge in [0, 0.05) is 5.56 Å². The summed E-state index contributed by atoms with van der Waals surface area (Å²) in [5.74, 6) is 1.63. The van der Waals surface area contributed by atoms with Crippen molar-refractivity contribution in [1.82, 2.24) is 0 Å². The minimum atomic E-state index is -0.653. The van der Waals surface area contributed by atoms with Gasteiger partial charge < -0.3 is 23.7 Å². The van der Waals surface area contributed by atoms with Gasteiger partial charge in [-0.3, -0.25) is 9.59 Å². The minimum absolute atomic E-state index is 0.145.